The number of aromatic nitrogens is 2. The van der Waals surface area contributed by atoms with Gasteiger partial charge >= 0.3 is 6.18 Å². The van der Waals surface area contributed by atoms with Crippen molar-refractivity contribution in [3.05, 3.63) is 30.0 Å². The maximum absolute atomic E-state index is 12.8. The minimum absolute atomic E-state index is 0.259. The van der Waals surface area contributed by atoms with E-state index < -0.39 is 11.7 Å². The molecule has 1 heterocycles. The van der Waals surface area contributed by atoms with Gasteiger partial charge in [0.1, 0.15) is 5.75 Å². The zero-order valence-electron chi connectivity index (χ0n) is 10.3. The molecule has 2 N–H and O–H groups in total. The molecule has 2 rings (SSSR count). The second kappa shape index (κ2) is 4.49. The summed E-state index contributed by atoms with van der Waals surface area (Å²) >= 11 is 0. The Morgan fingerprint density at radius 1 is 1.32 bits per heavy atom. The van der Waals surface area contributed by atoms with Gasteiger partial charge in [-0.15, -0.1) is 0 Å². The van der Waals surface area contributed by atoms with Crippen LogP contribution in [0.25, 0.3) is 11.3 Å². The number of nitrogens with zero attached hydrogens (tertiary/aromatic N) is 2. The lowest BCUT2D eigenvalue weighted by Crippen LogP contribution is -2.06. The Balaban J connectivity index is 2.67. The van der Waals surface area contributed by atoms with E-state index in [1.165, 1.54) is 24.1 Å². The molecular weight excluding hydrogens is 259 g/mol. The van der Waals surface area contributed by atoms with Crippen molar-refractivity contribution >= 4 is 5.69 Å². The molecule has 4 nitrogen and oxygen atoms in total. The summed E-state index contributed by atoms with van der Waals surface area (Å²) in [5.74, 6) is 0.309. The van der Waals surface area contributed by atoms with Crippen LogP contribution in [0.15, 0.2) is 24.4 Å². The molecule has 0 aliphatic rings. The van der Waals surface area contributed by atoms with Gasteiger partial charge in [0, 0.05) is 12.6 Å². The molecule has 0 aliphatic heterocycles. The molecule has 0 amide bonds. The summed E-state index contributed by atoms with van der Waals surface area (Å²) < 4.78 is 44.7. The topological polar surface area (TPSA) is 53.1 Å². The molecule has 1 aromatic carbocycles. The molecule has 0 bridgehead atoms. The van der Waals surface area contributed by atoms with Crippen LogP contribution in [0.4, 0.5) is 18.9 Å². The number of nitrogens with two attached hydrogens (primary N) is 1. The highest BCUT2D eigenvalue weighted by atomic mass is 19.4. The van der Waals surface area contributed by atoms with Crippen molar-refractivity contribution in [3.8, 4) is 17.0 Å². The van der Waals surface area contributed by atoms with E-state index in [2.05, 4.69) is 5.10 Å². The van der Waals surface area contributed by atoms with Gasteiger partial charge in [-0.3, -0.25) is 4.68 Å². The van der Waals surface area contributed by atoms with Gasteiger partial charge in [-0.05, 0) is 18.2 Å². The molecule has 0 unspecified atom stereocenters. The van der Waals surface area contributed by atoms with Crippen LogP contribution in [0.2, 0.25) is 0 Å². The van der Waals surface area contributed by atoms with Crippen LogP contribution >= 0.6 is 0 Å². The molecule has 0 saturated carbocycles. The predicted octanol–water partition coefficient (Wildman–Crippen LogP) is 2.70. The van der Waals surface area contributed by atoms with E-state index in [0.29, 0.717) is 17.1 Å². The molecular formula is C12H12F3N3O. The lowest BCUT2D eigenvalue weighted by molar-refractivity contribution is -0.137. The normalized spacial score (nSPS) is 11.6. The van der Waals surface area contributed by atoms with E-state index in [0.717, 1.165) is 12.1 Å². The van der Waals surface area contributed by atoms with E-state index in [9.17, 15) is 13.2 Å². The third-order valence-electron chi connectivity index (χ3n) is 2.75. The van der Waals surface area contributed by atoms with E-state index in [4.69, 9.17) is 10.5 Å². The van der Waals surface area contributed by atoms with Gasteiger partial charge < -0.3 is 10.5 Å². The van der Waals surface area contributed by atoms with Crippen LogP contribution in [-0.2, 0) is 13.2 Å². The Hall–Kier alpha value is -2.18. The Labute approximate surface area is 107 Å². The number of anilines is 1. The number of hydrogen-bond donors (Lipinski definition) is 1. The molecule has 0 spiro atoms. The van der Waals surface area contributed by atoms with Gasteiger partial charge in [0.05, 0.1) is 30.3 Å². The molecule has 0 aliphatic carbocycles. The Kier molecular flexibility index (Phi) is 3.13. The fraction of sp³-hybridized carbons (Fsp3) is 0.250. The van der Waals surface area contributed by atoms with Crippen LogP contribution in [0.5, 0.6) is 5.75 Å². The number of halogens is 3. The van der Waals surface area contributed by atoms with E-state index in [1.54, 1.807) is 7.05 Å². The van der Waals surface area contributed by atoms with Gasteiger partial charge in [0.15, 0.2) is 0 Å². The number of rotatable bonds is 2. The van der Waals surface area contributed by atoms with E-state index >= 15 is 0 Å². The number of methoxy groups -OCH3 is 1. The van der Waals surface area contributed by atoms with Gasteiger partial charge in [-0.2, -0.15) is 18.3 Å². The van der Waals surface area contributed by atoms with E-state index in [1.807, 2.05) is 0 Å². The lowest BCUT2D eigenvalue weighted by Gasteiger charge is -2.13. The molecule has 1 aromatic heterocycles. The highest BCUT2D eigenvalue weighted by molar-refractivity contribution is 5.77. The second-order valence-electron chi connectivity index (χ2n) is 3.98. The fourth-order valence-corrected chi connectivity index (χ4v) is 1.85. The standard InChI is InChI=1S/C12H12F3N3O/c1-18-11(9(16)6-17-18)8-5-7(12(13,14)15)3-4-10(8)19-2/h3-6H,16H2,1-2H3. The SMILES string of the molecule is COc1ccc(C(F)(F)F)cc1-c1c(N)cnn1C. The summed E-state index contributed by atoms with van der Waals surface area (Å²) in [6, 6.07) is 3.24. The summed E-state index contributed by atoms with van der Waals surface area (Å²) in [6.07, 6.45) is -3.04. The lowest BCUT2D eigenvalue weighted by atomic mass is 10.1. The largest absolute Gasteiger partial charge is 0.496 e. The first-order chi connectivity index (χ1) is 8.84. The smallest absolute Gasteiger partial charge is 0.416 e. The summed E-state index contributed by atoms with van der Waals surface area (Å²) in [6.45, 7) is 0. The number of benzene rings is 1. The summed E-state index contributed by atoms with van der Waals surface area (Å²) in [4.78, 5) is 0. The van der Waals surface area contributed by atoms with Crippen LogP contribution in [0.3, 0.4) is 0 Å². The Morgan fingerprint density at radius 3 is 2.47 bits per heavy atom. The monoisotopic (exact) mass is 271 g/mol. The van der Waals surface area contributed by atoms with Crippen molar-refractivity contribution in [1.29, 1.82) is 0 Å². The molecule has 2 aromatic rings. The molecule has 0 atom stereocenters. The minimum atomic E-state index is -4.42. The van der Waals surface area contributed by atoms with E-state index in [-0.39, 0.29) is 5.56 Å². The quantitative estimate of drug-likeness (QED) is 0.913. The van der Waals surface area contributed by atoms with Crippen molar-refractivity contribution in [3.63, 3.8) is 0 Å². The van der Waals surface area contributed by atoms with Gasteiger partial charge in [0.2, 0.25) is 0 Å². The van der Waals surface area contributed by atoms with Crippen LogP contribution in [-0.4, -0.2) is 16.9 Å². The third kappa shape index (κ3) is 2.35. The second-order valence-corrected chi connectivity index (χ2v) is 3.98. The van der Waals surface area contributed by atoms with Crippen molar-refractivity contribution in [2.24, 2.45) is 7.05 Å². The number of aryl methyl sites for hydroxylation is 1. The number of hydrogen-bond acceptors (Lipinski definition) is 3. The van der Waals surface area contributed by atoms with Crippen molar-refractivity contribution in [2.45, 2.75) is 6.18 Å². The van der Waals surface area contributed by atoms with Crippen molar-refractivity contribution in [2.75, 3.05) is 12.8 Å². The maximum atomic E-state index is 12.8. The van der Waals surface area contributed by atoms with Gasteiger partial charge in [-0.25, -0.2) is 0 Å². The summed E-state index contributed by atoms with van der Waals surface area (Å²) in [5.41, 5.74) is 5.92. The zero-order chi connectivity index (χ0) is 14.2. The molecule has 19 heavy (non-hydrogen) atoms. The first-order valence-electron chi connectivity index (χ1n) is 5.37. The first-order valence-corrected chi connectivity index (χ1v) is 5.37. The van der Waals surface area contributed by atoms with Crippen LogP contribution in [0, 0.1) is 0 Å². The average molecular weight is 271 g/mol. The van der Waals surface area contributed by atoms with Crippen LogP contribution in [0.1, 0.15) is 5.56 Å². The van der Waals surface area contributed by atoms with Crippen molar-refractivity contribution in [1.82, 2.24) is 9.78 Å². The molecule has 0 radical (unpaired) electrons. The minimum Gasteiger partial charge on any atom is -0.496 e. The van der Waals surface area contributed by atoms with Crippen molar-refractivity contribution < 1.29 is 17.9 Å². The number of alkyl halides is 3. The fourth-order valence-electron chi connectivity index (χ4n) is 1.85. The first kappa shape index (κ1) is 13.3. The molecule has 0 fully saturated rings. The predicted molar refractivity (Wildman–Crippen MR) is 64.6 cm³/mol. The Bertz CT molecular complexity index is 585. The highest BCUT2D eigenvalue weighted by Gasteiger charge is 2.31. The maximum Gasteiger partial charge on any atom is 0.416 e. The molecule has 7 heteroatoms. The number of ether oxygens (including phenoxy) is 1. The average Bonchev–Trinajstić information content (AvgIpc) is 2.67. The summed E-state index contributed by atoms with van der Waals surface area (Å²) in [7, 11) is 2.99. The zero-order valence-corrected chi connectivity index (χ0v) is 10.3. The molecule has 102 valence electrons. The molecule has 0 saturated heterocycles. The highest BCUT2D eigenvalue weighted by Crippen LogP contribution is 2.38. The van der Waals surface area contributed by atoms with Crippen LogP contribution < -0.4 is 10.5 Å². The summed E-state index contributed by atoms with van der Waals surface area (Å²) in [5, 5.41) is 3.91. The number of nitrogen functional groups attached to an aromatic ring is 1. The Morgan fingerprint density at radius 2 is 2.00 bits per heavy atom. The van der Waals surface area contributed by atoms with Gasteiger partial charge in [0.25, 0.3) is 0 Å². The third-order valence-corrected chi connectivity index (χ3v) is 2.75. The van der Waals surface area contributed by atoms with Gasteiger partial charge in [-0.1, -0.05) is 0 Å².